The van der Waals surface area contributed by atoms with Gasteiger partial charge in [0.15, 0.2) is 0 Å². The Morgan fingerprint density at radius 2 is 2.24 bits per heavy atom. The molecule has 3 rings (SSSR count). The summed E-state index contributed by atoms with van der Waals surface area (Å²) in [4.78, 5) is 32.6. The zero-order valence-electron chi connectivity index (χ0n) is 14.8. The fourth-order valence-corrected chi connectivity index (χ4v) is 3.75. The summed E-state index contributed by atoms with van der Waals surface area (Å²) in [6.45, 7) is 3.97. The average molecular weight is 351 g/mol. The predicted octanol–water partition coefficient (Wildman–Crippen LogP) is -0.110. The van der Waals surface area contributed by atoms with E-state index in [1.54, 1.807) is 7.11 Å². The van der Waals surface area contributed by atoms with Gasteiger partial charge in [-0.05, 0) is 25.8 Å². The second kappa shape index (κ2) is 7.49. The SMILES string of the molecule is CNC(=O)c1noc(CN2CC[C@]3(CCCN(CCOC)C3=O)C2)n1. The summed E-state index contributed by atoms with van der Waals surface area (Å²) in [5.74, 6) is 0.292. The molecule has 1 atom stereocenters. The van der Waals surface area contributed by atoms with Crippen molar-refractivity contribution in [3.8, 4) is 0 Å². The van der Waals surface area contributed by atoms with Crippen molar-refractivity contribution in [2.24, 2.45) is 5.41 Å². The van der Waals surface area contributed by atoms with Crippen LogP contribution in [0.3, 0.4) is 0 Å². The molecule has 1 aromatic heterocycles. The number of nitrogens with one attached hydrogen (secondary N) is 1. The highest BCUT2D eigenvalue weighted by Gasteiger charge is 2.48. The third kappa shape index (κ3) is 3.67. The lowest BCUT2D eigenvalue weighted by Gasteiger charge is -2.39. The number of aromatic nitrogens is 2. The van der Waals surface area contributed by atoms with Crippen LogP contribution in [0.4, 0.5) is 0 Å². The summed E-state index contributed by atoms with van der Waals surface area (Å²) in [5, 5.41) is 6.14. The van der Waals surface area contributed by atoms with Gasteiger partial charge in [-0.15, -0.1) is 0 Å². The fraction of sp³-hybridized carbons (Fsp3) is 0.750. The largest absolute Gasteiger partial charge is 0.383 e. The summed E-state index contributed by atoms with van der Waals surface area (Å²) in [5.41, 5.74) is -0.310. The Labute approximate surface area is 146 Å². The molecule has 25 heavy (non-hydrogen) atoms. The van der Waals surface area contributed by atoms with Gasteiger partial charge < -0.3 is 19.5 Å². The molecule has 0 unspecified atom stereocenters. The molecule has 0 saturated carbocycles. The van der Waals surface area contributed by atoms with Gasteiger partial charge in [0.05, 0.1) is 18.6 Å². The lowest BCUT2D eigenvalue weighted by Crippen LogP contribution is -2.50. The molecule has 0 radical (unpaired) electrons. The van der Waals surface area contributed by atoms with Crippen LogP contribution < -0.4 is 5.32 Å². The molecule has 9 nitrogen and oxygen atoms in total. The highest BCUT2D eigenvalue weighted by Crippen LogP contribution is 2.40. The molecule has 2 amide bonds. The highest BCUT2D eigenvalue weighted by molar-refractivity contribution is 5.89. The minimum atomic E-state index is -0.371. The van der Waals surface area contributed by atoms with Gasteiger partial charge in [-0.3, -0.25) is 14.5 Å². The van der Waals surface area contributed by atoms with Crippen molar-refractivity contribution in [3.05, 3.63) is 11.7 Å². The smallest absolute Gasteiger partial charge is 0.292 e. The molecule has 9 heteroatoms. The number of nitrogens with zero attached hydrogens (tertiary/aromatic N) is 4. The first-order valence-corrected chi connectivity index (χ1v) is 8.63. The number of rotatable bonds is 6. The molecule has 3 heterocycles. The molecule has 2 fully saturated rings. The number of hydrogen-bond acceptors (Lipinski definition) is 7. The van der Waals surface area contributed by atoms with E-state index in [0.717, 1.165) is 32.4 Å². The number of likely N-dealkylation sites (tertiary alicyclic amines) is 2. The summed E-state index contributed by atoms with van der Waals surface area (Å²) in [6.07, 6.45) is 2.77. The minimum absolute atomic E-state index is 0.0332. The molecule has 138 valence electrons. The maximum Gasteiger partial charge on any atom is 0.292 e. The van der Waals surface area contributed by atoms with Crippen molar-refractivity contribution < 1.29 is 18.8 Å². The maximum absolute atomic E-state index is 12.9. The van der Waals surface area contributed by atoms with Gasteiger partial charge in [0.1, 0.15) is 0 Å². The fourth-order valence-electron chi connectivity index (χ4n) is 3.75. The van der Waals surface area contributed by atoms with E-state index in [2.05, 4.69) is 20.4 Å². The average Bonchev–Trinajstić information content (AvgIpc) is 3.24. The summed E-state index contributed by atoms with van der Waals surface area (Å²) in [6, 6.07) is 0. The van der Waals surface area contributed by atoms with Gasteiger partial charge in [0, 0.05) is 33.8 Å². The lowest BCUT2D eigenvalue weighted by molar-refractivity contribution is -0.146. The van der Waals surface area contributed by atoms with Crippen LogP contribution in [0.15, 0.2) is 4.52 Å². The van der Waals surface area contributed by atoms with Crippen LogP contribution in [0.1, 0.15) is 35.8 Å². The number of carbonyl (C=O) groups is 2. The quantitative estimate of drug-likeness (QED) is 0.763. The van der Waals surface area contributed by atoms with E-state index >= 15 is 0 Å². The molecular formula is C16H25N5O4. The monoisotopic (exact) mass is 351 g/mol. The van der Waals surface area contributed by atoms with Crippen molar-refractivity contribution in [2.45, 2.75) is 25.8 Å². The first-order valence-electron chi connectivity index (χ1n) is 8.63. The van der Waals surface area contributed by atoms with Crippen LogP contribution in [0.2, 0.25) is 0 Å². The van der Waals surface area contributed by atoms with E-state index in [0.29, 0.717) is 32.1 Å². The Morgan fingerprint density at radius 1 is 1.40 bits per heavy atom. The van der Waals surface area contributed by atoms with Crippen molar-refractivity contribution in [1.29, 1.82) is 0 Å². The van der Waals surface area contributed by atoms with E-state index in [-0.39, 0.29) is 23.1 Å². The van der Waals surface area contributed by atoms with E-state index in [4.69, 9.17) is 9.26 Å². The molecule has 0 aromatic carbocycles. The van der Waals surface area contributed by atoms with Gasteiger partial charge in [-0.2, -0.15) is 4.98 Å². The molecule has 0 aliphatic carbocycles. The normalized spacial score (nSPS) is 24.2. The molecular weight excluding hydrogens is 326 g/mol. The Kier molecular flexibility index (Phi) is 5.33. The molecule has 0 bridgehead atoms. The van der Waals surface area contributed by atoms with E-state index in [1.807, 2.05) is 4.90 Å². The molecule has 2 saturated heterocycles. The first kappa shape index (κ1) is 17.8. The molecule has 2 aliphatic rings. The van der Waals surface area contributed by atoms with Crippen LogP contribution in [-0.4, -0.2) is 78.7 Å². The van der Waals surface area contributed by atoms with E-state index in [9.17, 15) is 9.59 Å². The molecule has 1 spiro atoms. The minimum Gasteiger partial charge on any atom is -0.383 e. The number of hydrogen-bond donors (Lipinski definition) is 1. The van der Waals surface area contributed by atoms with Gasteiger partial charge in [-0.25, -0.2) is 0 Å². The lowest BCUT2D eigenvalue weighted by atomic mass is 9.78. The molecule has 2 aliphatic heterocycles. The van der Waals surface area contributed by atoms with Crippen LogP contribution in [0.5, 0.6) is 0 Å². The summed E-state index contributed by atoms with van der Waals surface area (Å²) >= 11 is 0. The Balaban J connectivity index is 1.61. The van der Waals surface area contributed by atoms with Crippen molar-refractivity contribution >= 4 is 11.8 Å². The van der Waals surface area contributed by atoms with Crippen molar-refractivity contribution in [1.82, 2.24) is 25.3 Å². The van der Waals surface area contributed by atoms with E-state index < -0.39 is 0 Å². The van der Waals surface area contributed by atoms with Gasteiger partial charge in [-0.1, -0.05) is 5.16 Å². The van der Waals surface area contributed by atoms with Gasteiger partial charge in [0.2, 0.25) is 11.8 Å². The van der Waals surface area contributed by atoms with E-state index in [1.165, 1.54) is 7.05 Å². The Morgan fingerprint density at radius 3 is 3.00 bits per heavy atom. The zero-order valence-corrected chi connectivity index (χ0v) is 14.8. The zero-order chi connectivity index (χ0) is 17.9. The summed E-state index contributed by atoms with van der Waals surface area (Å²) in [7, 11) is 3.17. The predicted molar refractivity (Wildman–Crippen MR) is 87.7 cm³/mol. The second-order valence-electron chi connectivity index (χ2n) is 6.72. The second-order valence-corrected chi connectivity index (χ2v) is 6.72. The van der Waals surface area contributed by atoms with Crippen molar-refractivity contribution in [2.75, 3.05) is 46.9 Å². The molecule has 1 N–H and O–H groups in total. The topological polar surface area (TPSA) is 101 Å². The Hall–Kier alpha value is -2.00. The van der Waals surface area contributed by atoms with Crippen LogP contribution in [0, 0.1) is 5.41 Å². The number of piperidine rings is 1. The third-order valence-corrected chi connectivity index (χ3v) is 5.08. The Bertz CT molecular complexity index is 634. The number of methoxy groups -OCH3 is 1. The third-order valence-electron chi connectivity index (χ3n) is 5.08. The maximum atomic E-state index is 12.9. The van der Waals surface area contributed by atoms with Gasteiger partial charge in [0.25, 0.3) is 11.7 Å². The standard InChI is InChI=1S/C16H25N5O4/c1-17-14(22)13-18-12(25-19-13)10-20-7-5-16(11-20)4-3-6-21(15(16)23)8-9-24-2/h3-11H2,1-2H3,(H,17,22)/t16-/m1/s1. The summed E-state index contributed by atoms with van der Waals surface area (Å²) < 4.78 is 10.3. The number of amides is 2. The van der Waals surface area contributed by atoms with Gasteiger partial charge >= 0.3 is 0 Å². The first-order chi connectivity index (χ1) is 12.1. The number of carbonyl (C=O) groups excluding carboxylic acids is 2. The molecule has 1 aromatic rings. The highest BCUT2D eigenvalue weighted by atomic mass is 16.5. The number of ether oxygens (including phenoxy) is 1. The van der Waals surface area contributed by atoms with Crippen LogP contribution >= 0.6 is 0 Å². The van der Waals surface area contributed by atoms with Crippen LogP contribution in [0.25, 0.3) is 0 Å². The van der Waals surface area contributed by atoms with Crippen LogP contribution in [-0.2, 0) is 16.1 Å². The van der Waals surface area contributed by atoms with Crippen molar-refractivity contribution in [3.63, 3.8) is 0 Å².